The average Bonchev–Trinajstić information content (AvgIpc) is 2.36. The fourth-order valence-electron chi connectivity index (χ4n) is 2.66. The maximum atomic E-state index is 13.2. The van der Waals surface area contributed by atoms with Gasteiger partial charge in [-0.05, 0) is 56.0 Å². The Labute approximate surface area is 113 Å². The lowest BCUT2D eigenvalue weighted by atomic mass is 9.93. The van der Waals surface area contributed by atoms with E-state index in [4.69, 9.17) is 5.11 Å². The number of aliphatic carboxylic acids is 1. The van der Waals surface area contributed by atoms with E-state index in [0.29, 0.717) is 11.5 Å². The number of hydrogen-bond donors (Lipinski definition) is 1. The topological polar surface area (TPSA) is 40.5 Å². The molecule has 1 aromatic rings. The molecule has 19 heavy (non-hydrogen) atoms. The van der Waals surface area contributed by atoms with Gasteiger partial charge in [0, 0.05) is 13.0 Å². The van der Waals surface area contributed by atoms with Gasteiger partial charge in [0.25, 0.3) is 0 Å². The molecule has 1 N–H and O–H groups in total. The number of hydrogen-bond acceptors (Lipinski definition) is 2. The highest BCUT2D eigenvalue weighted by Gasteiger charge is 2.21. The number of aryl methyl sites for hydroxylation is 1. The van der Waals surface area contributed by atoms with Crippen molar-refractivity contribution >= 4 is 5.97 Å². The summed E-state index contributed by atoms with van der Waals surface area (Å²) in [4.78, 5) is 13.0. The van der Waals surface area contributed by atoms with Crippen molar-refractivity contribution in [3.63, 3.8) is 0 Å². The molecule has 0 bridgehead atoms. The van der Waals surface area contributed by atoms with Crippen LogP contribution in [-0.4, -0.2) is 29.1 Å². The standard InChI is InChI=1S/C15H20FNO2/c1-11-8-13(2-3-14(11)16)10-17-6-4-12(5-7-17)9-15(18)19/h2-3,8,12H,4-7,9-10H2,1H3,(H,18,19). The number of likely N-dealkylation sites (tertiary alicyclic amines) is 1. The fourth-order valence-corrected chi connectivity index (χ4v) is 2.66. The number of benzene rings is 1. The van der Waals surface area contributed by atoms with E-state index >= 15 is 0 Å². The van der Waals surface area contributed by atoms with Gasteiger partial charge < -0.3 is 5.11 Å². The van der Waals surface area contributed by atoms with Gasteiger partial charge in [0.2, 0.25) is 0 Å². The van der Waals surface area contributed by atoms with Crippen LogP contribution in [-0.2, 0) is 11.3 Å². The Kier molecular flexibility index (Phi) is 4.53. The van der Waals surface area contributed by atoms with Crippen LogP contribution in [0.1, 0.15) is 30.4 Å². The van der Waals surface area contributed by atoms with Crippen molar-refractivity contribution in [3.8, 4) is 0 Å². The third-order valence-corrected chi connectivity index (χ3v) is 3.80. The van der Waals surface area contributed by atoms with Gasteiger partial charge in [-0.3, -0.25) is 9.69 Å². The van der Waals surface area contributed by atoms with E-state index in [1.54, 1.807) is 6.92 Å². The van der Waals surface area contributed by atoms with Crippen molar-refractivity contribution in [3.05, 3.63) is 35.1 Å². The minimum Gasteiger partial charge on any atom is -0.481 e. The largest absolute Gasteiger partial charge is 0.481 e. The van der Waals surface area contributed by atoms with E-state index in [1.807, 2.05) is 12.1 Å². The monoisotopic (exact) mass is 265 g/mol. The third-order valence-electron chi connectivity index (χ3n) is 3.80. The van der Waals surface area contributed by atoms with E-state index < -0.39 is 5.97 Å². The number of nitrogens with zero attached hydrogens (tertiary/aromatic N) is 1. The first-order valence-electron chi connectivity index (χ1n) is 6.74. The highest BCUT2D eigenvalue weighted by molar-refractivity contribution is 5.67. The average molecular weight is 265 g/mol. The van der Waals surface area contributed by atoms with Crippen LogP contribution in [0.2, 0.25) is 0 Å². The van der Waals surface area contributed by atoms with Crippen molar-refractivity contribution in [2.24, 2.45) is 5.92 Å². The van der Waals surface area contributed by atoms with E-state index in [9.17, 15) is 9.18 Å². The second kappa shape index (κ2) is 6.15. The Balaban J connectivity index is 1.85. The van der Waals surface area contributed by atoms with Gasteiger partial charge in [0.15, 0.2) is 0 Å². The zero-order valence-corrected chi connectivity index (χ0v) is 11.2. The van der Waals surface area contributed by atoms with Crippen LogP contribution >= 0.6 is 0 Å². The second-order valence-electron chi connectivity index (χ2n) is 5.40. The number of piperidine rings is 1. The molecule has 1 fully saturated rings. The highest BCUT2D eigenvalue weighted by atomic mass is 19.1. The van der Waals surface area contributed by atoms with E-state index in [0.717, 1.165) is 38.0 Å². The SMILES string of the molecule is Cc1cc(CN2CCC(CC(=O)O)CC2)ccc1F. The molecular weight excluding hydrogens is 245 g/mol. The number of halogens is 1. The predicted molar refractivity (Wildman–Crippen MR) is 71.4 cm³/mol. The van der Waals surface area contributed by atoms with Crippen molar-refractivity contribution in [2.45, 2.75) is 32.7 Å². The Morgan fingerprint density at radius 1 is 1.42 bits per heavy atom. The van der Waals surface area contributed by atoms with Gasteiger partial charge in [-0.2, -0.15) is 0 Å². The fraction of sp³-hybridized carbons (Fsp3) is 0.533. The van der Waals surface area contributed by atoms with Gasteiger partial charge in [-0.25, -0.2) is 4.39 Å². The van der Waals surface area contributed by atoms with Gasteiger partial charge in [-0.1, -0.05) is 12.1 Å². The summed E-state index contributed by atoms with van der Waals surface area (Å²) >= 11 is 0. The number of carboxylic acids is 1. The van der Waals surface area contributed by atoms with Crippen LogP contribution in [0.15, 0.2) is 18.2 Å². The van der Waals surface area contributed by atoms with Crippen LogP contribution in [0.25, 0.3) is 0 Å². The smallest absolute Gasteiger partial charge is 0.303 e. The molecule has 0 aliphatic carbocycles. The third kappa shape index (κ3) is 4.03. The summed E-state index contributed by atoms with van der Waals surface area (Å²) in [5.74, 6) is -0.555. The van der Waals surface area contributed by atoms with Crippen molar-refractivity contribution in [1.29, 1.82) is 0 Å². The Morgan fingerprint density at radius 3 is 2.68 bits per heavy atom. The van der Waals surface area contributed by atoms with Gasteiger partial charge in [0.1, 0.15) is 5.82 Å². The minimum absolute atomic E-state index is 0.163. The minimum atomic E-state index is -0.701. The first-order chi connectivity index (χ1) is 9.04. The maximum Gasteiger partial charge on any atom is 0.303 e. The molecule has 1 aliphatic rings. The molecule has 1 saturated heterocycles. The first kappa shape index (κ1) is 14.0. The molecule has 0 atom stereocenters. The summed E-state index contributed by atoms with van der Waals surface area (Å²) in [6.07, 6.45) is 2.16. The predicted octanol–water partition coefficient (Wildman–Crippen LogP) is 2.82. The molecule has 4 heteroatoms. The van der Waals surface area contributed by atoms with Crippen LogP contribution in [0.3, 0.4) is 0 Å². The summed E-state index contributed by atoms with van der Waals surface area (Å²) in [7, 11) is 0. The summed E-state index contributed by atoms with van der Waals surface area (Å²) in [5.41, 5.74) is 1.80. The second-order valence-corrected chi connectivity index (χ2v) is 5.40. The van der Waals surface area contributed by atoms with Crippen LogP contribution in [0.5, 0.6) is 0 Å². The Morgan fingerprint density at radius 2 is 2.11 bits per heavy atom. The molecule has 0 amide bonds. The molecule has 3 nitrogen and oxygen atoms in total. The maximum absolute atomic E-state index is 13.2. The molecule has 0 unspecified atom stereocenters. The first-order valence-corrected chi connectivity index (χ1v) is 6.74. The quantitative estimate of drug-likeness (QED) is 0.910. The van der Waals surface area contributed by atoms with Crippen LogP contribution in [0.4, 0.5) is 4.39 Å². The van der Waals surface area contributed by atoms with Crippen LogP contribution < -0.4 is 0 Å². The van der Waals surface area contributed by atoms with Gasteiger partial charge in [-0.15, -0.1) is 0 Å². The normalized spacial score (nSPS) is 17.6. The molecule has 0 radical (unpaired) electrons. The van der Waals surface area contributed by atoms with Crippen LogP contribution in [0, 0.1) is 18.7 Å². The Hall–Kier alpha value is -1.42. The van der Waals surface area contributed by atoms with Crippen molar-refractivity contribution < 1.29 is 14.3 Å². The zero-order chi connectivity index (χ0) is 13.8. The molecule has 0 spiro atoms. The Bertz CT molecular complexity index is 453. The number of carboxylic acid groups (broad SMARTS) is 1. The number of rotatable bonds is 4. The molecule has 1 heterocycles. The molecule has 1 aromatic carbocycles. The lowest BCUT2D eigenvalue weighted by Gasteiger charge is -2.31. The van der Waals surface area contributed by atoms with Crippen molar-refractivity contribution in [1.82, 2.24) is 4.90 Å². The lowest BCUT2D eigenvalue weighted by molar-refractivity contribution is -0.138. The van der Waals surface area contributed by atoms with E-state index in [-0.39, 0.29) is 12.2 Å². The van der Waals surface area contributed by atoms with E-state index in [2.05, 4.69) is 4.90 Å². The molecule has 0 aromatic heterocycles. The summed E-state index contributed by atoms with van der Waals surface area (Å²) in [6, 6.07) is 5.23. The molecule has 104 valence electrons. The molecular formula is C15H20FNO2. The molecule has 0 saturated carbocycles. The molecule has 1 aliphatic heterocycles. The van der Waals surface area contributed by atoms with Crippen molar-refractivity contribution in [2.75, 3.05) is 13.1 Å². The van der Waals surface area contributed by atoms with E-state index in [1.165, 1.54) is 6.07 Å². The summed E-state index contributed by atoms with van der Waals surface area (Å²) in [5, 5.41) is 8.77. The highest BCUT2D eigenvalue weighted by Crippen LogP contribution is 2.22. The summed E-state index contributed by atoms with van der Waals surface area (Å²) < 4.78 is 13.2. The lowest BCUT2D eigenvalue weighted by Crippen LogP contribution is -2.33. The number of carbonyl (C=O) groups is 1. The zero-order valence-electron chi connectivity index (χ0n) is 11.2. The van der Waals surface area contributed by atoms with Gasteiger partial charge in [0.05, 0.1) is 0 Å². The van der Waals surface area contributed by atoms with Gasteiger partial charge >= 0.3 is 5.97 Å². The summed E-state index contributed by atoms with van der Waals surface area (Å²) in [6.45, 7) is 4.45. The molecule has 2 rings (SSSR count).